The molecule has 3 rings (SSSR count). The van der Waals surface area contributed by atoms with Gasteiger partial charge in [0.25, 0.3) is 0 Å². The fourth-order valence-electron chi connectivity index (χ4n) is 2.44. The van der Waals surface area contributed by atoms with Crippen LogP contribution in [0.3, 0.4) is 0 Å². The van der Waals surface area contributed by atoms with Gasteiger partial charge in [0.05, 0.1) is 16.6 Å². The summed E-state index contributed by atoms with van der Waals surface area (Å²) in [5, 5.41) is 6.61. The Kier molecular flexibility index (Phi) is 3.98. The molecule has 0 aliphatic rings. The van der Waals surface area contributed by atoms with E-state index in [4.69, 9.17) is 17.3 Å². The van der Waals surface area contributed by atoms with Gasteiger partial charge in [-0.15, -0.1) is 5.10 Å². The van der Waals surface area contributed by atoms with E-state index < -0.39 is 0 Å². The van der Waals surface area contributed by atoms with E-state index in [1.165, 1.54) is 11.8 Å². The van der Waals surface area contributed by atoms with E-state index in [9.17, 15) is 0 Å². The Hall–Kier alpha value is -1.79. The molecule has 0 aliphatic heterocycles. The molecule has 0 saturated carbocycles. The van der Waals surface area contributed by atoms with Gasteiger partial charge in [0, 0.05) is 10.6 Å². The number of benzene rings is 1. The molecule has 2 aromatic heterocycles. The van der Waals surface area contributed by atoms with Crippen molar-refractivity contribution in [1.82, 2.24) is 19.7 Å². The Morgan fingerprint density at radius 3 is 2.48 bits per heavy atom. The van der Waals surface area contributed by atoms with E-state index >= 15 is 0 Å². The van der Waals surface area contributed by atoms with Crippen LogP contribution < -0.4 is 5.73 Å². The second kappa shape index (κ2) is 5.69. The van der Waals surface area contributed by atoms with Crippen LogP contribution in [0.15, 0.2) is 29.4 Å². The number of hydrogen-bond acceptors (Lipinski definition) is 5. The number of nitrogens with zero attached hydrogens (tertiary/aromatic N) is 4. The zero-order chi connectivity index (χ0) is 16.8. The third-order valence-electron chi connectivity index (χ3n) is 3.50. The number of rotatable bonds is 2. The van der Waals surface area contributed by atoms with Crippen LogP contribution in [0.2, 0.25) is 5.02 Å². The topological polar surface area (TPSA) is 69.6 Å². The molecule has 2 heterocycles. The molecule has 3 aromatic rings. The maximum Gasteiger partial charge on any atom is 0.190 e. The van der Waals surface area contributed by atoms with Crippen molar-refractivity contribution in [1.29, 1.82) is 0 Å². The zero-order valence-corrected chi connectivity index (χ0v) is 15.0. The summed E-state index contributed by atoms with van der Waals surface area (Å²) in [6, 6.07) is 7.59. The van der Waals surface area contributed by atoms with Crippen LogP contribution in [-0.4, -0.2) is 26.0 Å². The van der Waals surface area contributed by atoms with Gasteiger partial charge in [-0.05, 0) is 33.1 Å². The fraction of sp³-hybridized carbons (Fsp3) is 0.312. The fourth-order valence-corrected chi connectivity index (χ4v) is 3.03. The average Bonchev–Trinajstić information content (AvgIpc) is 2.84. The highest BCUT2D eigenvalue weighted by Crippen LogP contribution is 2.36. The first-order valence-electron chi connectivity index (χ1n) is 7.18. The largest absolute Gasteiger partial charge is 0.383 e. The number of thioether (sulfide) groups is 1. The molecule has 0 saturated heterocycles. The van der Waals surface area contributed by atoms with E-state index in [1.807, 2.05) is 51.3 Å². The summed E-state index contributed by atoms with van der Waals surface area (Å²) in [5.41, 5.74) is 8.27. The summed E-state index contributed by atoms with van der Waals surface area (Å²) < 4.78 is 1.79. The van der Waals surface area contributed by atoms with Crippen LogP contribution in [0.5, 0.6) is 0 Å². The van der Waals surface area contributed by atoms with E-state index in [-0.39, 0.29) is 5.54 Å². The van der Waals surface area contributed by atoms with Gasteiger partial charge in [-0.25, -0.2) is 14.6 Å². The standard InChI is InChI=1S/C16H18ClN5S/c1-16(2,3)22-13(18)11-12(9-7-5-6-8-10(9)17)19-15(23-4)20-14(11)21-22/h5-8H,18H2,1-4H3. The summed E-state index contributed by atoms with van der Waals surface area (Å²) >= 11 is 7.83. The number of halogens is 1. The molecule has 0 fully saturated rings. The predicted molar refractivity (Wildman–Crippen MR) is 97.0 cm³/mol. The SMILES string of the molecule is CSc1nc(-c2ccccc2Cl)c2c(N)n(C(C)(C)C)nc2n1. The molecule has 1 aromatic carbocycles. The molecular formula is C16H18ClN5S. The van der Waals surface area contributed by atoms with Crippen molar-refractivity contribution in [2.75, 3.05) is 12.0 Å². The number of aromatic nitrogens is 4. The molecule has 0 unspecified atom stereocenters. The molecule has 5 nitrogen and oxygen atoms in total. The molecular weight excluding hydrogens is 330 g/mol. The first-order valence-corrected chi connectivity index (χ1v) is 8.79. The Bertz CT molecular complexity index is 882. The second-order valence-corrected chi connectivity index (χ2v) is 7.39. The van der Waals surface area contributed by atoms with Crippen molar-refractivity contribution < 1.29 is 0 Å². The Balaban J connectivity index is 2.41. The maximum atomic E-state index is 6.38. The van der Waals surface area contributed by atoms with Crippen LogP contribution in [0.25, 0.3) is 22.3 Å². The maximum absolute atomic E-state index is 6.38. The zero-order valence-electron chi connectivity index (χ0n) is 13.5. The van der Waals surface area contributed by atoms with E-state index in [0.29, 0.717) is 21.6 Å². The van der Waals surface area contributed by atoms with Gasteiger partial charge in [-0.3, -0.25) is 0 Å². The number of nitrogen functional groups attached to an aromatic ring is 1. The number of fused-ring (bicyclic) bond motifs is 1. The summed E-state index contributed by atoms with van der Waals surface area (Å²) in [7, 11) is 0. The van der Waals surface area contributed by atoms with Gasteiger partial charge in [0.2, 0.25) is 0 Å². The van der Waals surface area contributed by atoms with E-state index in [1.54, 1.807) is 4.68 Å². The third-order valence-corrected chi connectivity index (χ3v) is 4.37. The highest BCUT2D eigenvalue weighted by Gasteiger charge is 2.24. The van der Waals surface area contributed by atoms with Gasteiger partial charge < -0.3 is 5.73 Å². The van der Waals surface area contributed by atoms with Crippen molar-refractivity contribution in [3.8, 4) is 11.3 Å². The molecule has 23 heavy (non-hydrogen) atoms. The monoisotopic (exact) mass is 347 g/mol. The lowest BCUT2D eigenvalue weighted by Gasteiger charge is -2.20. The van der Waals surface area contributed by atoms with Crippen molar-refractivity contribution in [2.24, 2.45) is 0 Å². The van der Waals surface area contributed by atoms with Crippen LogP contribution in [0.4, 0.5) is 5.82 Å². The molecule has 2 N–H and O–H groups in total. The first-order chi connectivity index (χ1) is 10.8. The highest BCUT2D eigenvalue weighted by atomic mass is 35.5. The van der Waals surface area contributed by atoms with Crippen LogP contribution >= 0.6 is 23.4 Å². The smallest absolute Gasteiger partial charge is 0.190 e. The van der Waals surface area contributed by atoms with Gasteiger partial charge in [-0.1, -0.05) is 41.6 Å². The molecule has 0 bridgehead atoms. The summed E-state index contributed by atoms with van der Waals surface area (Å²) in [5.74, 6) is 0.551. The summed E-state index contributed by atoms with van der Waals surface area (Å²) in [4.78, 5) is 9.14. The summed E-state index contributed by atoms with van der Waals surface area (Å²) in [6.45, 7) is 6.15. The molecule has 0 amide bonds. The average molecular weight is 348 g/mol. The molecule has 0 atom stereocenters. The molecule has 120 valence electrons. The molecule has 0 spiro atoms. The Morgan fingerprint density at radius 1 is 1.17 bits per heavy atom. The predicted octanol–water partition coefficient (Wildman–Crippen LogP) is 4.21. The first kappa shape index (κ1) is 16.1. The third kappa shape index (κ3) is 2.77. The number of anilines is 1. The quantitative estimate of drug-likeness (QED) is 0.555. The van der Waals surface area contributed by atoms with Gasteiger partial charge in [0.15, 0.2) is 10.8 Å². The Labute approximate surface area is 144 Å². The minimum atomic E-state index is -0.248. The minimum Gasteiger partial charge on any atom is -0.383 e. The van der Waals surface area contributed by atoms with Crippen LogP contribution in [0.1, 0.15) is 20.8 Å². The lowest BCUT2D eigenvalue weighted by atomic mass is 10.1. The normalized spacial score (nSPS) is 12.0. The van der Waals surface area contributed by atoms with Gasteiger partial charge in [0.1, 0.15) is 5.82 Å². The summed E-state index contributed by atoms with van der Waals surface area (Å²) in [6.07, 6.45) is 1.93. The van der Waals surface area contributed by atoms with Gasteiger partial charge >= 0.3 is 0 Å². The number of hydrogen-bond donors (Lipinski definition) is 1. The van der Waals surface area contributed by atoms with Crippen molar-refractivity contribution >= 4 is 40.2 Å². The van der Waals surface area contributed by atoms with Crippen LogP contribution in [-0.2, 0) is 5.54 Å². The number of nitrogens with two attached hydrogens (primary N) is 1. The Morgan fingerprint density at radius 2 is 1.87 bits per heavy atom. The van der Waals surface area contributed by atoms with Gasteiger partial charge in [-0.2, -0.15) is 0 Å². The minimum absolute atomic E-state index is 0.248. The van der Waals surface area contributed by atoms with E-state index in [0.717, 1.165) is 16.6 Å². The second-order valence-electron chi connectivity index (χ2n) is 6.21. The van der Waals surface area contributed by atoms with Crippen molar-refractivity contribution in [3.05, 3.63) is 29.3 Å². The van der Waals surface area contributed by atoms with Crippen LogP contribution in [0, 0.1) is 0 Å². The van der Waals surface area contributed by atoms with Crippen molar-refractivity contribution in [3.63, 3.8) is 0 Å². The lowest BCUT2D eigenvalue weighted by Crippen LogP contribution is -2.24. The highest BCUT2D eigenvalue weighted by molar-refractivity contribution is 7.98. The molecule has 7 heteroatoms. The lowest BCUT2D eigenvalue weighted by molar-refractivity contribution is 0.364. The van der Waals surface area contributed by atoms with E-state index in [2.05, 4.69) is 15.1 Å². The van der Waals surface area contributed by atoms with Crippen molar-refractivity contribution in [2.45, 2.75) is 31.5 Å². The molecule has 0 aliphatic carbocycles. The molecule has 0 radical (unpaired) electrons.